The minimum Gasteiger partial charge on any atom is -0.461 e. The Morgan fingerprint density at radius 2 is 1.92 bits per heavy atom. The number of carbonyl (C=O) groups excluding carboxylic acids is 3. The van der Waals surface area contributed by atoms with Gasteiger partial charge in [-0.15, -0.1) is 0 Å². The van der Waals surface area contributed by atoms with Crippen LogP contribution >= 0.6 is 0 Å². The summed E-state index contributed by atoms with van der Waals surface area (Å²) in [6.45, 7) is 1.84. The first-order chi connectivity index (χ1) is 12.1. The number of rotatable bonds is 3. The SMILES string of the molecule is CCOC(=O)C1=NN[C@@H]2C(=O)N(c3cccc4ccccc34)C(=O)[C@@H]12. The van der Waals surface area contributed by atoms with Crippen molar-refractivity contribution in [2.75, 3.05) is 11.5 Å². The summed E-state index contributed by atoms with van der Waals surface area (Å²) in [5.41, 5.74) is 3.07. The number of nitrogens with one attached hydrogen (secondary N) is 1. The lowest BCUT2D eigenvalue weighted by molar-refractivity contribution is -0.136. The van der Waals surface area contributed by atoms with Crippen LogP contribution in [0.5, 0.6) is 0 Å². The van der Waals surface area contributed by atoms with Crippen LogP contribution < -0.4 is 10.3 Å². The molecule has 2 atom stereocenters. The number of anilines is 1. The molecule has 2 amide bonds. The summed E-state index contributed by atoms with van der Waals surface area (Å²) in [7, 11) is 0. The highest BCUT2D eigenvalue weighted by atomic mass is 16.5. The predicted octanol–water partition coefficient (Wildman–Crippen LogP) is 1.22. The van der Waals surface area contributed by atoms with Gasteiger partial charge in [0, 0.05) is 5.39 Å². The highest BCUT2D eigenvalue weighted by molar-refractivity contribution is 6.47. The van der Waals surface area contributed by atoms with Gasteiger partial charge in [0.15, 0.2) is 5.71 Å². The van der Waals surface area contributed by atoms with Gasteiger partial charge in [-0.2, -0.15) is 5.10 Å². The Balaban J connectivity index is 1.76. The fourth-order valence-corrected chi connectivity index (χ4v) is 3.30. The molecule has 2 aliphatic rings. The van der Waals surface area contributed by atoms with E-state index in [-0.39, 0.29) is 12.3 Å². The van der Waals surface area contributed by atoms with Crippen LogP contribution in [0.1, 0.15) is 6.92 Å². The smallest absolute Gasteiger partial charge is 0.355 e. The molecule has 0 aliphatic carbocycles. The maximum absolute atomic E-state index is 12.9. The van der Waals surface area contributed by atoms with Crippen molar-refractivity contribution in [3.05, 3.63) is 42.5 Å². The number of carbonyl (C=O) groups is 3. The first kappa shape index (κ1) is 15.3. The van der Waals surface area contributed by atoms with Gasteiger partial charge in [0.25, 0.3) is 5.91 Å². The summed E-state index contributed by atoms with van der Waals surface area (Å²) in [5.74, 6) is -2.52. The van der Waals surface area contributed by atoms with E-state index in [0.29, 0.717) is 5.69 Å². The molecule has 7 nitrogen and oxygen atoms in total. The largest absolute Gasteiger partial charge is 0.461 e. The van der Waals surface area contributed by atoms with E-state index in [1.807, 2.05) is 30.3 Å². The van der Waals surface area contributed by atoms with E-state index in [9.17, 15) is 14.4 Å². The van der Waals surface area contributed by atoms with Crippen LogP contribution in [0.4, 0.5) is 5.69 Å². The molecule has 0 spiro atoms. The van der Waals surface area contributed by atoms with Crippen molar-refractivity contribution >= 4 is 40.0 Å². The lowest BCUT2D eigenvalue weighted by Crippen LogP contribution is -2.36. The summed E-state index contributed by atoms with van der Waals surface area (Å²) < 4.78 is 4.94. The molecule has 1 N–H and O–H groups in total. The number of fused-ring (bicyclic) bond motifs is 2. The molecular formula is C18H15N3O4. The van der Waals surface area contributed by atoms with Crippen LogP contribution in [0.25, 0.3) is 10.8 Å². The second kappa shape index (κ2) is 5.70. The highest BCUT2D eigenvalue weighted by Crippen LogP contribution is 2.34. The van der Waals surface area contributed by atoms with Crippen LogP contribution in [-0.4, -0.2) is 36.1 Å². The summed E-state index contributed by atoms with van der Waals surface area (Å²) in [5, 5.41) is 5.57. The van der Waals surface area contributed by atoms with Gasteiger partial charge in [-0.25, -0.2) is 9.69 Å². The number of esters is 1. The predicted molar refractivity (Wildman–Crippen MR) is 90.9 cm³/mol. The molecule has 0 unspecified atom stereocenters. The van der Waals surface area contributed by atoms with Crippen molar-refractivity contribution in [2.45, 2.75) is 13.0 Å². The molecule has 0 radical (unpaired) electrons. The monoisotopic (exact) mass is 337 g/mol. The zero-order valence-corrected chi connectivity index (χ0v) is 13.4. The van der Waals surface area contributed by atoms with E-state index in [0.717, 1.165) is 15.7 Å². The standard InChI is InChI=1S/C18H15N3O4/c1-2-25-18(24)15-13-14(19-20-15)17(23)21(16(13)22)12-9-5-7-10-6-3-4-8-11(10)12/h3-9,13-14,19H,2H2,1H3/t13-,14+/m1/s1. The number of imide groups is 1. The molecule has 0 saturated carbocycles. The second-order valence-electron chi connectivity index (χ2n) is 5.81. The molecule has 2 heterocycles. The first-order valence-corrected chi connectivity index (χ1v) is 7.99. The van der Waals surface area contributed by atoms with E-state index in [1.54, 1.807) is 19.1 Å². The van der Waals surface area contributed by atoms with Crippen molar-refractivity contribution in [3.8, 4) is 0 Å². The maximum Gasteiger partial charge on any atom is 0.355 e. The number of hydrazone groups is 1. The Morgan fingerprint density at radius 3 is 2.72 bits per heavy atom. The first-order valence-electron chi connectivity index (χ1n) is 7.99. The van der Waals surface area contributed by atoms with Gasteiger partial charge in [0.05, 0.1) is 12.3 Å². The second-order valence-corrected chi connectivity index (χ2v) is 5.81. The van der Waals surface area contributed by atoms with Gasteiger partial charge in [-0.3, -0.25) is 15.0 Å². The van der Waals surface area contributed by atoms with Crippen LogP contribution in [0.3, 0.4) is 0 Å². The Morgan fingerprint density at radius 1 is 1.16 bits per heavy atom. The van der Waals surface area contributed by atoms with Gasteiger partial charge in [-0.05, 0) is 18.4 Å². The molecule has 4 rings (SSSR count). The third-order valence-electron chi connectivity index (χ3n) is 4.42. The third-order valence-corrected chi connectivity index (χ3v) is 4.42. The van der Waals surface area contributed by atoms with E-state index in [2.05, 4.69) is 10.5 Å². The lowest BCUT2D eigenvalue weighted by atomic mass is 9.99. The Kier molecular flexibility index (Phi) is 3.49. The molecule has 0 aromatic heterocycles. The van der Waals surface area contributed by atoms with Crippen LogP contribution in [-0.2, 0) is 19.1 Å². The lowest BCUT2D eigenvalue weighted by Gasteiger charge is -2.18. The van der Waals surface area contributed by atoms with Crippen molar-refractivity contribution in [3.63, 3.8) is 0 Å². The molecule has 126 valence electrons. The molecule has 2 aromatic carbocycles. The fraction of sp³-hybridized carbons (Fsp3) is 0.222. The average Bonchev–Trinajstić information content (AvgIpc) is 3.16. The summed E-state index contributed by atoms with van der Waals surface area (Å²) in [4.78, 5) is 38.9. The molecule has 7 heteroatoms. The minimum atomic E-state index is -0.953. The van der Waals surface area contributed by atoms with Gasteiger partial charge in [0.1, 0.15) is 12.0 Å². The zero-order valence-electron chi connectivity index (χ0n) is 13.4. The molecule has 1 fully saturated rings. The summed E-state index contributed by atoms with van der Waals surface area (Å²) in [6.07, 6.45) is 0. The Bertz CT molecular complexity index is 932. The highest BCUT2D eigenvalue weighted by Gasteiger charge is 2.55. The van der Waals surface area contributed by atoms with Crippen LogP contribution in [0, 0.1) is 5.92 Å². The quantitative estimate of drug-likeness (QED) is 0.672. The van der Waals surface area contributed by atoms with Crippen LogP contribution in [0.2, 0.25) is 0 Å². The molecule has 1 saturated heterocycles. The fourth-order valence-electron chi connectivity index (χ4n) is 3.30. The van der Waals surface area contributed by atoms with E-state index >= 15 is 0 Å². The molecule has 25 heavy (non-hydrogen) atoms. The van der Waals surface area contributed by atoms with Crippen molar-refractivity contribution < 1.29 is 19.1 Å². The van der Waals surface area contributed by atoms with E-state index < -0.39 is 29.7 Å². The Hall–Kier alpha value is -3.22. The van der Waals surface area contributed by atoms with Crippen molar-refractivity contribution in [1.82, 2.24) is 5.43 Å². The normalized spacial score (nSPS) is 22.0. The number of nitrogens with zero attached hydrogens (tertiary/aromatic N) is 2. The van der Waals surface area contributed by atoms with E-state index in [4.69, 9.17) is 4.74 Å². The summed E-state index contributed by atoms with van der Waals surface area (Å²) >= 11 is 0. The Labute approximate surface area is 143 Å². The minimum absolute atomic E-state index is 0.0482. The molecule has 2 aliphatic heterocycles. The van der Waals surface area contributed by atoms with E-state index in [1.165, 1.54) is 0 Å². The number of hydrogen-bond acceptors (Lipinski definition) is 6. The average molecular weight is 337 g/mol. The number of amides is 2. The van der Waals surface area contributed by atoms with Crippen molar-refractivity contribution in [2.24, 2.45) is 11.0 Å². The van der Waals surface area contributed by atoms with Gasteiger partial charge in [-0.1, -0.05) is 36.4 Å². The summed E-state index contributed by atoms with van der Waals surface area (Å²) in [6, 6.07) is 12.1. The van der Waals surface area contributed by atoms with Crippen molar-refractivity contribution in [1.29, 1.82) is 0 Å². The third kappa shape index (κ3) is 2.20. The molecule has 2 aromatic rings. The number of hydrogen-bond donors (Lipinski definition) is 1. The number of benzene rings is 2. The topological polar surface area (TPSA) is 88.1 Å². The number of ether oxygens (including phenoxy) is 1. The van der Waals surface area contributed by atoms with Crippen LogP contribution in [0.15, 0.2) is 47.6 Å². The molecule has 0 bridgehead atoms. The van der Waals surface area contributed by atoms with Gasteiger partial charge in [0.2, 0.25) is 5.91 Å². The van der Waals surface area contributed by atoms with Gasteiger partial charge >= 0.3 is 5.97 Å². The molecular weight excluding hydrogens is 322 g/mol. The zero-order chi connectivity index (χ0) is 17.6. The van der Waals surface area contributed by atoms with Gasteiger partial charge < -0.3 is 4.74 Å². The maximum atomic E-state index is 12.9.